The smallest absolute Gasteiger partial charge is 0.319 e. The van der Waals surface area contributed by atoms with Crippen LogP contribution in [0.5, 0.6) is 0 Å². The van der Waals surface area contributed by atoms with Gasteiger partial charge in [-0.25, -0.2) is 0 Å². The Bertz CT molecular complexity index is 261. The fourth-order valence-corrected chi connectivity index (χ4v) is 1.04. The molecule has 0 aliphatic heterocycles. The van der Waals surface area contributed by atoms with Crippen molar-refractivity contribution in [3.63, 3.8) is 0 Å². The molecule has 0 aromatic rings. The highest BCUT2D eigenvalue weighted by Crippen LogP contribution is 2.04. The van der Waals surface area contributed by atoms with Crippen LogP contribution < -0.4 is 0 Å². The Labute approximate surface area is 104 Å². The highest BCUT2D eigenvalue weighted by molar-refractivity contribution is 9.10. The summed E-state index contributed by atoms with van der Waals surface area (Å²) in [6.45, 7) is 7.12. The molecular formula is C11H17BrO4. The summed E-state index contributed by atoms with van der Waals surface area (Å²) in [7, 11) is 0. The number of rotatable bonds is 7. The minimum Gasteiger partial charge on any atom is -0.465 e. The van der Waals surface area contributed by atoms with Gasteiger partial charge in [-0.15, -0.1) is 0 Å². The molecule has 0 aromatic carbocycles. The van der Waals surface area contributed by atoms with Crippen molar-refractivity contribution in [1.82, 2.24) is 0 Å². The molecule has 0 heterocycles. The quantitative estimate of drug-likeness (QED) is 0.313. The lowest BCUT2D eigenvalue weighted by Crippen LogP contribution is -2.14. The lowest BCUT2D eigenvalue weighted by atomic mass is 10.2. The van der Waals surface area contributed by atoms with Crippen LogP contribution in [0.4, 0.5) is 0 Å². The van der Waals surface area contributed by atoms with Gasteiger partial charge in [-0.3, -0.25) is 9.59 Å². The fourth-order valence-electron chi connectivity index (χ4n) is 0.904. The maximum Gasteiger partial charge on any atom is 0.319 e. The van der Waals surface area contributed by atoms with Crippen LogP contribution in [-0.4, -0.2) is 23.4 Å². The number of allylic oxidation sites excluding steroid dienone is 1. The summed E-state index contributed by atoms with van der Waals surface area (Å²) in [4.78, 5) is 21.8. The zero-order valence-electron chi connectivity index (χ0n) is 9.62. The maximum absolute atomic E-state index is 11.1. The van der Waals surface area contributed by atoms with Crippen LogP contribution in [0.1, 0.15) is 33.1 Å². The van der Waals surface area contributed by atoms with Crippen molar-refractivity contribution in [3.8, 4) is 0 Å². The van der Waals surface area contributed by atoms with Gasteiger partial charge in [0.15, 0.2) is 0 Å². The molecule has 0 fully saturated rings. The van der Waals surface area contributed by atoms with Gasteiger partial charge < -0.3 is 9.47 Å². The minimum atomic E-state index is -0.298. The van der Waals surface area contributed by atoms with E-state index in [2.05, 4.69) is 22.5 Å². The van der Waals surface area contributed by atoms with E-state index in [-0.39, 0.29) is 16.8 Å². The van der Waals surface area contributed by atoms with Crippen LogP contribution in [0, 0.1) is 0 Å². The Morgan fingerprint density at radius 2 is 2.00 bits per heavy atom. The lowest BCUT2D eigenvalue weighted by Gasteiger charge is -2.06. The number of ether oxygens (including phenoxy) is 2. The zero-order chi connectivity index (χ0) is 12.6. The molecule has 5 heteroatoms. The number of esters is 2. The van der Waals surface area contributed by atoms with E-state index in [0.29, 0.717) is 31.6 Å². The summed E-state index contributed by atoms with van der Waals surface area (Å²) in [6.07, 6.45) is 1.60. The number of carbonyl (C=O) groups excluding carboxylic acids is 2. The molecule has 0 saturated heterocycles. The normalized spacial score (nSPS) is 11.7. The standard InChI is InChI=1S/C11H17BrO4/c1-8(2)16-10(13)6-4-5-7-15-11(14)9(3)12/h9H,1,4-7H2,2-3H3. The predicted octanol–water partition coefficient (Wildman–Crippen LogP) is 2.56. The van der Waals surface area contributed by atoms with E-state index in [1.807, 2.05) is 0 Å². The van der Waals surface area contributed by atoms with Gasteiger partial charge in [-0.05, 0) is 26.7 Å². The molecule has 0 aromatic heterocycles. The molecule has 0 bridgehead atoms. The first-order chi connectivity index (χ1) is 7.43. The van der Waals surface area contributed by atoms with Gasteiger partial charge in [0.2, 0.25) is 0 Å². The molecule has 0 aliphatic rings. The lowest BCUT2D eigenvalue weighted by molar-refractivity contribution is -0.142. The van der Waals surface area contributed by atoms with Gasteiger partial charge in [-0.1, -0.05) is 22.5 Å². The van der Waals surface area contributed by atoms with Gasteiger partial charge in [0.05, 0.1) is 12.4 Å². The van der Waals surface area contributed by atoms with Crippen molar-refractivity contribution >= 4 is 27.9 Å². The third-order valence-electron chi connectivity index (χ3n) is 1.63. The molecule has 4 nitrogen and oxygen atoms in total. The van der Waals surface area contributed by atoms with E-state index in [0.717, 1.165) is 0 Å². The molecule has 0 rings (SSSR count). The number of alkyl halides is 1. The Hall–Kier alpha value is -0.840. The molecule has 0 saturated carbocycles. The predicted molar refractivity (Wildman–Crippen MR) is 64.1 cm³/mol. The Kier molecular flexibility index (Phi) is 7.89. The van der Waals surface area contributed by atoms with Crippen molar-refractivity contribution in [1.29, 1.82) is 0 Å². The van der Waals surface area contributed by atoms with Crippen LogP contribution in [0.2, 0.25) is 0 Å². The molecule has 0 radical (unpaired) electrons. The van der Waals surface area contributed by atoms with E-state index in [1.54, 1.807) is 13.8 Å². The third-order valence-corrected chi connectivity index (χ3v) is 2.01. The summed E-state index contributed by atoms with van der Waals surface area (Å²) in [6, 6.07) is 0. The largest absolute Gasteiger partial charge is 0.465 e. The van der Waals surface area contributed by atoms with Gasteiger partial charge in [0.1, 0.15) is 4.83 Å². The van der Waals surface area contributed by atoms with Crippen LogP contribution in [0.3, 0.4) is 0 Å². The van der Waals surface area contributed by atoms with Crippen LogP contribution >= 0.6 is 15.9 Å². The van der Waals surface area contributed by atoms with E-state index >= 15 is 0 Å². The number of hydrogen-bond donors (Lipinski definition) is 0. The first-order valence-electron chi connectivity index (χ1n) is 5.10. The summed E-state index contributed by atoms with van der Waals surface area (Å²) in [5.41, 5.74) is 0. The van der Waals surface area contributed by atoms with Gasteiger partial charge >= 0.3 is 11.9 Å². The molecule has 92 valence electrons. The number of carbonyl (C=O) groups is 2. The topological polar surface area (TPSA) is 52.6 Å². The second-order valence-electron chi connectivity index (χ2n) is 3.42. The highest BCUT2D eigenvalue weighted by Gasteiger charge is 2.09. The SMILES string of the molecule is C=C(C)OC(=O)CCCCOC(=O)C(C)Br. The van der Waals surface area contributed by atoms with Crippen molar-refractivity contribution in [3.05, 3.63) is 12.3 Å². The van der Waals surface area contributed by atoms with Gasteiger partial charge in [0.25, 0.3) is 0 Å². The molecule has 1 atom stereocenters. The van der Waals surface area contributed by atoms with Crippen molar-refractivity contribution in [2.45, 2.75) is 37.9 Å². The van der Waals surface area contributed by atoms with Crippen LogP contribution in [0.15, 0.2) is 12.3 Å². The number of unbranched alkanes of at least 4 members (excludes halogenated alkanes) is 1. The second kappa shape index (κ2) is 8.33. The first kappa shape index (κ1) is 15.2. The van der Waals surface area contributed by atoms with Gasteiger partial charge in [-0.2, -0.15) is 0 Å². The van der Waals surface area contributed by atoms with Crippen LogP contribution in [0.25, 0.3) is 0 Å². The monoisotopic (exact) mass is 292 g/mol. The summed E-state index contributed by atoms with van der Waals surface area (Å²) in [5, 5.41) is 0. The molecular weight excluding hydrogens is 276 g/mol. The van der Waals surface area contributed by atoms with E-state index in [4.69, 9.17) is 9.47 Å². The Morgan fingerprint density at radius 3 is 2.50 bits per heavy atom. The van der Waals surface area contributed by atoms with Crippen molar-refractivity contribution in [2.24, 2.45) is 0 Å². The minimum absolute atomic E-state index is 0.287. The van der Waals surface area contributed by atoms with Crippen LogP contribution in [-0.2, 0) is 19.1 Å². The summed E-state index contributed by atoms with van der Waals surface area (Å²) in [5.74, 6) is -0.193. The molecule has 0 spiro atoms. The molecule has 16 heavy (non-hydrogen) atoms. The van der Waals surface area contributed by atoms with E-state index in [1.165, 1.54) is 0 Å². The number of halogens is 1. The number of hydrogen-bond acceptors (Lipinski definition) is 4. The second-order valence-corrected chi connectivity index (χ2v) is 4.79. The highest BCUT2D eigenvalue weighted by atomic mass is 79.9. The molecule has 0 N–H and O–H groups in total. The van der Waals surface area contributed by atoms with E-state index in [9.17, 15) is 9.59 Å². The fraction of sp³-hybridized carbons (Fsp3) is 0.636. The first-order valence-corrected chi connectivity index (χ1v) is 6.02. The average molecular weight is 293 g/mol. The molecule has 1 unspecified atom stereocenters. The zero-order valence-corrected chi connectivity index (χ0v) is 11.2. The molecule has 0 aliphatic carbocycles. The van der Waals surface area contributed by atoms with Crippen molar-refractivity contribution < 1.29 is 19.1 Å². The molecule has 0 amide bonds. The third kappa shape index (κ3) is 8.47. The Balaban J connectivity index is 3.44. The van der Waals surface area contributed by atoms with Gasteiger partial charge in [0, 0.05) is 6.42 Å². The summed E-state index contributed by atoms with van der Waals surface area (Å²) >= 11 is 3.10. The average Bonchev–Trinajstić information content (AvgIpc) is 2.15. The van der Waals surface area contributed by atoms with E-state index < -0.39 is 0 Å². The van der Waals surface area contributed by atoms with Crippen molar-refractivity contribution in [2.75, 3.05) is 6.61 Å². The Morgan fingerprint density at radius 1 is 1.38 bits per heavy atom. The maximum atomic E-state index is 11.1. The summed E-state index contributed by atoms with van der Waals surface area (Å²) < 4.78 is 9.68.